The summed E-state index contributed by atoms with van der Waals surface area (Å²) in [5.41, 5.74) is 10.9. The molecule has 0 bridgehead atoms. The third kappa shape index (κ3) is 2.11. The van der Waals surface area contributed by atoms with Crippen LogP contribution >= 0.6 is 0 Å². The van der Waals surface area contributed by atoms with Crippen LogP contribution in [0.25, 0.3) is 22.0 Å². The second-order valence-corrected chi connectivity index (χ2v) is 6.00. The molecule has 26 heavy (non-hydrogen) atoms. The monoisotopic (exact) mass is 333 g/mol. The van der Waals surface area contributed by atoms with Crippen molar-refractivity contribution in [1.82, 2.24) is 4.98 Å². The molecule has 0 radical (unpaired) electrons. The summed E-state index contributed by atoms with van der Waals surface area (Å²) in [4.78, 5) is 4.75. The van der Waals surface area contributed by atoms with Gasteiger partial charge in [0.25, 0.3) is 0 Å². The van der Waals surface area contributed by atoms with Gasteiger partial charge in [-0.2, -0.15) is 15.8 Å². The fourth-order valence-corrected chi connectivity index (χ4v) is 3.49. The zero-order valence-corrected chi connectivity index (χ0v) is 13.6. The van der Waals surface area contributed by atoms with Crippen LogP contribution < -0.4 is 5.73 Å². The van der Waals surface area contributed by atoms with Crippen LogP contribution in [-0.2, 0) is 0 Å². The predicted octanol–water partition coefficient (Wildman–Crippen LogP) is 3.77. The van der Waals surface area contributed by atoms with Crippen LogP contribution in [0, 0.1) is 34.0 Å². The van der Waals surface area contributed by atoms with E-state index in [0.29, 0.717) is 27.8 Å². The Labute approximate surface area is 149 Å². The van der Waals surface area contributed by atoms with Gasteiger partial charge in [-0.05, 0) is 35.4 Å². The Balaban J connectivity index is 2.14. The molecule has 0 saturated carbocycles. The zero-order valence-electron chi connectivity index (χ0n) is 13.6. The van der Waals surface area contributed by atoms with Crippen LogP contribution in [0.5, 0.6) is 0 Å². The fraction of sp³-hybridized carbons (Fsp3) is 0.0476. The number of nitrogen functional groups attached to an aromatic ring is 1. The molecular weight excluding hydrogens is 322 g/mol. The number of allylic oxidation sites excluding steroid dienone is 2. The Kier molecular flexibility index (Phi) is 3.40. The summed E-state index contributed by atoms with van der Waals surface area (Å²) in [6.07, 6.45) is 1.61. The number of hydrogen-bond acceptors (Lipinski definition) is 5. The van der Waals surface area contributed by atoms with Crippen molar-refractivity contribution in [3.8, 4) is 29.3 Å². The Bertz CT molecular complexity index is 1220. The number of rotatable bonds is 1. The fourth-order valence-electron chi connectivity index (χ4n) is 3.49. The van der Waals surface area contributed by atoms with E-state index in [0.717, 1.165) is 16.7 Å². The van der Waals surface area contributed by atoms with E-state index in [-0.39, 0.29) is 11.5 Å². The van der Waals surface area contributed by atoms with E-state index >= 15 is 0 Å². The lowest BCUT2D eigenvalue weighted by molar-refractivity contribution is 1.00. The highest BCUT2D eigenvalue weighted by molar-refractivity contribution is 5.97. The number of hydrogen-bond donors (Lipinski definition) is 1. The highest BCUT2D eigenvalue weighted by Crippen LogP contribution is 2.48. The van der Waals surface area contributed by atoms with Crippen LogP contribution in [-0.4, -0.2) is 4.98 Å². The van der Waals surface area contributed by atoms with Crippen LogP contribution in [0.2, 0.25) is 0 Å². The first-order valence-corrected chi connectivity index (χ1v) is 7.92. The van der Waals surface area contributed by atoms with Gasteiger partial charge < -0.3 is 5.73 Å². The standard InChI is InChI=1S/C21H11N5/c22-9-12(10-23)7-17-14-3-1-2-4-15(14)20-18(11-24)16-8-13(25)5-6-19(16)26-21(17)20/h1-8,17H,25H2. The molecule has 0 fully saturated rings. The van der Waals surface area contributed by atoms with Gasteiger partial charge in [0.15, 0.2) is 0 Å². The molecule has 1 atom stereocenters. The van der Waals surface area contributed by atoms with Gasteiger partial charge in [-0.1, -0.05) is 24.3 Å². The molecule has 3 aromatic rings. The Morgan fingerprint density at radius 3 is 2.58 bits per heavy atom. The second-order valence-electron chi connectivity index (χ2n) is 6.00. The normalized spacial score (nSPS) is 13.8. The lowest BCUT2D eigenvalue weighted by Crippen LogP contribution is -1.99. The van der Waals surface area contributed by atoms with Crippen molar-refractivity contribution >= 4 is 16.6 Å². The molecule has 1 heterocycles. The first-order chi connectivity index (χ1) is 12.7. The maximum atomic E-state index is 9.84. The number of nitrogens with two attached hydrogens (primary N) is 1. The van der Waals surface area contributed by atoms with Gasteiger partial charge in [-0.3, -0.25) is 4.98 Å². The molecule has 0 saturated heterocycles. The molecule has 5 nitrogen and oxygen atoms in total. The van der Waals surface area contributed by atoms with E-state index in [1.54, 1.807) is 24.3 Å². The number of pyridine rings is 1. The molecule has 2 N–H and O–H groups in total. The topological polar surface area (TPSA) is 110 Å². The molecule has 4 rings (SSSR count). The van der Waals surface area contributed by atoms with Crippen LogP contribution in [0.3, 0.4) is 0 Å². The maximum absolute atomic E-state index is 9.84. The summed E-state index contributed by atoms with van der Waals surface area (Å²) in [7, 11) is 0. The SMILES string of the molecule is N#CC(C#N)=CC1c2ccccc2-c2c1nc1ccc(N)cc1c2C#N. The van der Waals surface area contributed by atoms with Crippen LogP contribution in [0.15, 0.2) is 54.1 Å². The van der Waals surface area contributed by atoms with E-state index in [2.05, 4.69) is 6.07 Å². The van der Waals surface area contributed by atoms with Gasteiger partial charge in [-0.15, -0.1) is 0 Å². The van der Waals surface area contributed by atoms with E-state index in [1.165, 1.54) is 0 Å². The highest BCUT2D eigenvalue weighted by Gasteiger charge is 2.32. The van der Waals surface area contributed by atoms with E-state index in [4.69, 9.17) is 21.2 Å². The minimum absolute atomic E-state index is 0.0235. The molecule has 0 aliphatic heterocycles. The van der Waals surface area contributed by atoms with Gasteiger partial charge in [0.05, 0.1) is 16.8 Å². The number of benzene rings is 2. The highest BCUT2D eigenvalue weighted by atomic mass is 14.7. The van der Waals surface area contributed by atoms with E-state index in [1.807, 2.05) is 36.4 Å². The van der Waals surface area contributed by atoms with Gasteiger partial charge in [-0.25, -0.2) is 0 Å². The quantitative estimate of drug-likeness (QED) is 0.538. The molecule has 120 valence electrons. The number of nitriles is 3. The largest absolute Gasteiger partial charge is 0.399 e. The van der Waals surface area contributed by atoms with E-state index < -0.39 is 0 Å². The number of anilines is 1. The molecule has 1 aromatic heterocycles. The summed E-state index contributed by atoms with van der Waals surface area (Å²) in [6.45, 7) is 0. The van der Waals surface area contributed by atoms with Crippen molar-refractivity contribution in [2.24, 2.45) is 0 Å². The Morgan fingerprint density at radius 2 is 1.85 bits per heavy atom. The number of nitrogens with zero attached hydrogens (tertiary/aromatic N) is 4. The number of aromatic nitrogens is 1. The molecule has 1 aliphatic rings. The van der Waals surface area contributed by atoms with Crippen LogP contribution in [0.4, 0.5) is 5.69 Å². The van der Waals surface area contributed by atoms with Crippen molar-refractivity contribution < 1.29 is 0 Å². The molecule has 1 aliphatic carbocycles. The third-order valence-electron chi connectivity index (χ3n) is 4.58. The summed E-state index contributed by atoms with van der Waals surface area (Å²) in [5, 5.41) is 28.9. The van der Waals surface area contributed by atoms with Crippen molar-refractivity contribution in [2.45, 2.75) is 5.92 Å². The Morgan fingerprint density at radius 1 is 1.08 bits per heavy atom. The molecular formula is C21H11N5. The summed E-state index contributed by atoms with van der Waals surface area (Å²) >= 11 is 0. The predicted molar refractivity (Wildman–Crippen MR) is 97.5 cm³/mol. The van der Waals surface area contributed by atoms with Crippen molar-refractivity contribution in [2.75, 3.05) is 5.73 Å². The molecule has 0 amide bonds. The van der Waals surface area contributed by atoms with Crippen molar-refractivity contribution in [3.05, 3.63) is 70.9 Å². The lowest BCUT2D eigenvalue weighted by Gasteiger charge is -2.10. The average Bonchev–Trinajstić information content (AvgIpc) is 2.97. The zero-order chi connectivity index (χ0) is 18.3. The van der Waals surface area contributed by atoms with Gasteiger partial charge >= 0.3 is 0 Å². The Hall–Kier alpha value is -4.14. The second kappa shape index (κ2) is 5.74. The minimum atomic E-state index is -0.343. The maximum Gasteiger partial charge on any atom is 0.126 e. The number of fused-ring (bicyclic) bond motifs is 4. The van der Waals surface area contributed by atoms with Gasteiger partial charge in [0, 0.05) is 22.6 Å². The van der Waals surface area contributed by atoms with Crippen molar-refractivity contribution in [3.63, 3.8) is 0 Å². The molecule has 5 heteroatoms. The first-order valence-electron chi connectivity index (χ1n) is 7.92. The van der Waals surface area contributed by atoms with Crippen molar-refractivity contribution in [1.29, 1.82) is 15.8 Å². The van der Waals surface area contributed by atoms with Crippen LogP contribution in [0.1, 0.15) is 22.7 Å². The smallest absolute Gasteiger partial charge is 0.126 e. The molecule has 2 aromatic carbocycles. The lowest BCUT2D eigenvalue weighted by atomic mass is 9.97. The third-order valence-corrected chi connectivity index (χ3v) is 4.58. The minimum Gasteiger partial charge on any atom is -0.399 e. The summed E-state index contributed by atoms with van der Waals surface area (Å²) in [5.74, 6) is -0.343. The molecule has 0 spiro atoms. The summed E-state index contributed by atoms with van der Waals surface area (Å²) < 4.78 is 0. The van der Waals surface area contributed by atoms with E-state index in [9.17, 15) is 5.26 Å². The molecule has 1 unspecified atom stereocenters. The van der Waals surface area contributed by atoms with Gasteiger partial charge in [0.2, 0.25) is 0 Å². The first kappa shape index (κ1) is 15.4. The summed E-state index contributed by atoms with van der Waals surface area (Å²) in [6, 6.07) is 19.0. The average molecular weight is 333 g/mol. The van der Waals surface area contributed by atoms with Gasteiger partial charge in [0.1, 0.15) is 23.8 Å².